The number of nitrogens with one attached hydrogen (secondary N) is 2. The number of sulfonamides is 1. The van der Waals surface area contributed by atoms with Crippen molar-refractivity contribution in [3.05, 3.63) is 88.9 Å². The number of fused-ring (bicyclic) bond motifs is 1. The minimum Gasteiger partial charge on any atom is -0.361 e. The van der Waals surface area contributed by atoms with Gasteiger partial charge in [0.2, 0.25) is 10.0 Å². The fourth-order valence-electron chi connectivity index (χ4n) is 4.74. The number of hydrogen-bond acceptors (Lipinski definition) is 5. The van der Waals surface area contributed by atoms with Crippen LogP contribution in [-0.2, 0) is 15.8 Å². The average molecular weight is 512 g/mol. The average Bonchev–Trinajstić information content (AvgIpc) is 3.40. The molecule has 188 valence electrons. The van der Waals surface area contributed by atoms with Crippen molar-refractivity contribution in [1.29, 1.82) is 5.26 Å². The lowest BCUT2D eigenvalue weighted by Gasteiger charge is -2.25. The highest BCUT2D eigenvalue weighted by molar-refractivity contribution is 7.88. The zero-order chi connectivity index (χ0) is 25.8. The monoisotopic (exact) mass is 511 g/mol. The van der Waals surface area contributed by atoms with Gasteiger partial charge in [0.15, 0.2) is 0 Å². The third-order valence-electron chi connectivity index (χ3n) is 6.85. The van der Waals surface area contributed by atoms with Crippen LogP contribution < -0.4 is 5.32 Å². The van der Waals surface area contributed by atoms with Gasteiger partial charge in [0, 0.05) is 53.8 Å². The van der Waals surface area contributed by atoms with Gasteiger partial charge >= 0.3 is 0 Å². The fourth-order valence-corrected chi connectivity index (χ4v) is 6.35. The van der Waals surface area contributed by atoms with Crippen LogP contribution in [-0.4, -0.2) is 35.8 Å². The highest BCUT2D eigenvalue weighted by Crippen LogP contribution is 2.31. The Bertz CT molecular complexity index is 1590. The molecule has 2 aromatic heterocycles. The Morgan fingerprint density at radius 2 is 1.84 bits per heavy atom. The molecule has 8 heteroatoms. The molecule has 0 bridgehead atoms. The van der Waals surface area contributed by atoms with Crippen molar-refractivity contribution >= 4 is 44.5 Å². The van der Waals surface area contributed by atoms with Gasteiger partial charge in [-0.1, -0.05) is 42.8 Å². The van der Waals surface area contributed by atoms with E-state index in [1.54, 1.807) is 16.7 Å². The maximum Gasteiger partial charge on any atom is 0.218 e. The number of aromatic nitrogens is 2. The van der Waals surface area contributed by atoms with Gasteiger partial charge in [-0.05, 0) is 54.7 Å². The first kappa shape index (κ1) is 24.8. The Hall–Kier alpha value is -3.93. The predicted octanol–water partition coefficient (Wildman–Crippen LogP) is 5.97. The molecule has 0 amide bonds. The van der Waals surface area contributed by atoms with E-state index in [1.165, 1.54) is 0 Å². The predicted molar refractivity (Wildman–Crippen MR) is 149 cm³/mol. The van der Waals surface area contributed by atoms with Crippen molar-refractivity contribution in [3.63, 3.8) is 0 Å². The lowest BCUT2D eigenvalue weighted by molar-refractivity contribution is 0.346. The molecule has 0 radical (unpaired) electrons. The van der Waals surface area contributed by atoms with Gasteiger partial charge in [-0.15, -0.1) is 0 Å². The zero-order valence-corrected chi connectivity index (χ0v) is 21.6. The molecule has 1 fully saturated rings. The van der Waals surface area contributed by atoms with E-state index in [-0.39, 0.29) is 5.75 Å². The Kier molecular flexibility index (Phi) is 7.08. The lowest BCUT2D eigenvalue weighted by Crippen LogP contribution is -2.36. The number of H-pyrrole nitrogens is 1. The molecular formula is C29H29N5O2S. The second-order valence-electron chi connectivity index (χ2n) is 9.36. The molecule has 1 aliphatic heterocycles. The van der Waals surface area contributed by atoms with Gasteiger partial charge in [0.25, 0.3) is 0 Å². The van der Waals surface area contributed by atoms with Crippen molar-refractivity contribution in [2.45, 2.75) is 31.9 Å². The van der Waals surface area contributed by atoms with Crippen molar-refractivity contribution < 1.29 is 8.42 Å². The van der Waals surface area contributed by atoms with Gasteiger partial charge in [0.05, 0.1) is 17.0 Å². The van der Waals surface area contributed by atoms with Crippen molar-refractivity contribution in [2.24, 2.45) is 0 Å². The number of hydrogen-bond donors (Lipinski definition) is 2. The summed E-state index contributed by atoms with van der Waals surface area (Å²) in [5.41, 5.74) is 6.69. The number of aryl methyl sites for hydroxylation is 1. The number of anilines is 2. The molecular weight excluding hydrogens is 482 g/mol. The minimum absolute atomic E-state index is 0.0179. The number of benzene rings is 2. The summed E-state index contributed by atoms with van der Waals surface area (Å²) in [6.45, 7) is 3.29. The maximum atomic E-state index is 12.7. The first-order valence-electron chi connectivity index (χ1n) is 12.4. The second-order valence-corrected chi connectivity index (χ2v) is 11.3. The molecule has 0 atom stereocenters. The molecule has 7 nitrogen and oxygen atoms in total. The largest absolute Gasteiger partial charge is 0.361 e. The van der Waals surface area contributed by atoms with Crippen molar-refractivity contribution in [2.75, 3.05) is 18.4 Å². The molecule has 1 saturated heterocycles. The molecule has 0 unspecified atom stereocenters. The summed E-state index contributed by atoms with van der Waals surface area (Å²) >= 11 is 0. The number of nitrogens with zero attached hydrogens (tertiary/aromatic N) is 3. The van der Waals surface area contributed by atoms with Gasteiger partial charge < -0.3 is 10.3 Å². The molecule has 0 saturated carbocycles. The number of nitriles is 1. The third kappa shape index (κ3) is 5.43. The van der Waals surface area contributed by atoms with Crippen molar-refractivity contribution in [1.82, 2.24) is 14.3 Å². The third-order valence-corrected chi connectivity index (χ3v) is 8.70. The van der Waals surface area contributed by atoms with E-state index in [0.717, 1.165) is 58.1 Å². The van der Waals surface area contributed by atoms with E-state index in [2.05, 4.69) is 21.4 Å². The van der Waals surface area contributed by atoms with E-state index in [9.17, 15) is 13.7 Å². The summed E-state index contributed by atoms with van der Waals surface area (Å²) in [7, 11) is -3.30. The molecule has 4 aromatic rings. The van der Waals surface area contributed by atoms with E-state index in [4.69, 9.17) is 0 Å². The molecule has 2 N–H and O–H groups in total. The van der Waals surface area contributed by atoms with Crippen LogP contribution in [0, 0.1) is 18.3 Å². The van der Waals surface area contributed by atoms with Crippen LogP contribution in [0.2, 0.25) is 0 Å². The SMILES string of the molecule is Cc1c(Nc2c(C#N)cncc2C=Cc2ccc(CS(=O)(=O)N3CCCCC3)cc2)ccc2[nH]ccc12. The standard InChI is InChI=1S/C29H29N5O2S/c1-21-26-13-14-32-28(26)12-11-27(21)33-29-24(18-31-19-25(29)17-30)10-9-22-5-7-23(8-6-22)20-37(35,36)34-15-3-2-4-16-34/h5-14,18-19,32H,2-4,15-16,20H2,1H3,(H,31,33). The van der Waals surface area contributed by atoms with Gasteiger partial charge in [0.1, 0.15) is 6.07 Å². The van der Waals surface area contributed by atoms with Crippen LogP contribution in [0.15, 0.2) is 61.1 Å². The van der Waals surface area contributed by atoms with Crippen LogP contribution in [0.5, 0.6) is 0 Å². The Morgan fingerprint density at radius 1 is 1.05 bits per heavy atom. The molecule has 37 heavy (non-hydrogen) atoms. The molecule has 0 aliphatic carbocycles. The summed E-state index contributed by atoms with van der Waals surface area (Å²) in [4.78, 5) is 7.46. The number of aromatic amines is 1. The Morgan fingerprint density at radius 3 is 2.59 bits per heavy atom. The number of rotatable bonds is 7. The quantitative estimate of drug-likeness (QED) is 0.318. The molecule has 2 aromatic carbocycles. The van der Waals surface area contributed by atoms with E-state index >= 15 is 0 Å². The smallest absolute Gasteiger partial charge is 0.218 e. The molecule has 0 spiro atoms. The summed E-state index contributed by atoms with van der Waals surface area (Å²) in [5.74, 6) is 0.0179. The second kappa shape index (κ2) is 10.6. The van der Waals surface area contributed by atoms with Crippen LogP contribution in [0.1, 0.15) is 47.1 Å². The van der Waals surface area contributed by atoms with Crippen LogP contribution in [0.25, 0.3) is 23.1 Å². The van der Waals surface area contributed by atoms with Gasteiger partial charge in [-0.3, -0.25) is 4.98 Å². The summed E-state index contributed by atoms with van der Waals surface area (Å²) in [6, 6.07) is 15.8. The summed E-state index contributed by atoms with van der Waals surface area (Å²) in [5, 5.41) is 14.3. The van der Waals surface area contributed by atoms with E-state index in [1.807, 2.05) is 67.7 Å². The summed E-state index contributed by atoms with van der Waals surface area (Å²) in [6.07, 6.45) is 12.0. The molecule has 1 aliphatic rings. The van der Waals surface area contributed by atoms with Crippen LogP contribution in [0.3, 0.4) is 0 Å². The fraction of sp³-hybridized carbons (Fsp3) is 0.241. The van der Waals surface area contributed by atoms with Gasteiger partial charge in [-0.2, -0.15) is 5.26 Å². The highest BCUT2D eigenvalue weighted by Gasteiger charge is 2.24. The topological polar surface area (TPSA) is 102 Å². The first-order chi connectivity index (χ1) is 17.9. The minimum atomic E-state index is -3.30. The normalized spacial score (nSPS) is 14.7. The van der Waals surface area contributed by atoms with Crippen LogP contribution >= 0.6 is 0 Å². The molecule has 3 heterocycles. The lowest BCUT2D eigenvalue weighted by atomic mass is 10.1. The maximum absolute atomic E-state index is 12.7. The Balaban J connectivity index is 1.36. The summed E-state index contributed by atoms with van der Waals surface area (Å²) < 4.78 is 27.1. The van der Waals surface area contributed by atoms with Crippen LogP contribution in [0.4, 0.5) is 11.4 Å². The van der Waals surface area contributed by atoms with Crippen molar-refractivity contribution in [3.8, 4) is 6.07 Å². The molecule has 5 rings (SSSR count). The Labute approximate surface area is 217 Å². The van der Waals surface area contributed by atoms with Gasteiger partial charge in [-0.25, -0.2) is 12.7 Å². The first-order valence-corrected chi connectivity index (χ1v) is 14.0. The van der Waals surface area contributed by atoms with E-state index in [0.29, 0.717) is 24.3 Å². The number of pyridine rings is 1. The number of piperidine rings is 1. The zero-order valence-electron chi connectivity index (χ0n) is 20.7. The van der Waals surface area contributed by atoms with E-state index < -0.39 is 10.0 Å². The highest BCUT2D eigenvalue weighted by atomic mass is 32.2.